The first-order valence-corrected chi connectivity index (χ1v) is 37.9. The highest BCUT2D eigenvalue weighted by atomic mass is 16.7. The van der Waals surface area contributed by atoms with Crippen LogP contribution in [0.5, 0.6) is 0 Å². The van der Waals surface area contributed by atoms with Crippen molar-refractivity contribution in [3.05, 3.63) is 48.6 Å². The standard InChI is InChI=1S/C76H141NO13/c1-3-5-7-9-11-13-15-17-19-21-23-25-27-29-30-31-32-33-34-36-37-39-41-43-45-47-49-51-53-55-57-59-65(80)64(63-87-75-73(86)71(84)74(67(62-79)89-75)90-76-72(85)70(83)69(82)66(61-78)88-76)77-68(81)60-58-56-54-52-50-48-46-44-42-40-38-35-28-26-24-22-20-18-16-14-12-10-8-6-4-2/h16,18,22,24,49,51,57,59,64-67,69-76,78-80,82-86H,3-15,17,19-21,23,25-48,50,52-56,58,60-63H2,1-2H3,(H,77,81)/b18-16-,24-22-,51-49+,59-57+. The SMILES string of the molecule is CCCCCCC/C=C\C/C=C\CCCCCCCCCCCCCCCC(=O)NC(COC1OC(CO)C(OC2OC(CO)C(O)C(O)C2O)C(O)C1O)C(O)/C=C/CC/C=C/CCCCCCCCCCCCCCCCCCCCCCCCCCC. The number of ether oxygens (including phenoxy) is 4. The van der Waals surface area contributed by atoms with Crippen molar-refractivity contribution >= 4 is 5.91 Å². The van der Waals surface area contributed by atoms with Gasteiger partial charge in [-0.2, -0.15) is 0 Å². The van der Waals surface area contributed by atoms with E-state index in [-0.39, 0.29) is 18.9 Å². The molecule has 2 rings (SSSR count). The first-order valence-electron chi connectivity index (χ1n) is 37.9. The first-order chi connectivity index (χ1) is 44.1. The van der Waals surface area contributed by atoms with E-state index < -0.39 is 86.8 Å². The number of aliphatic hydroxyl groups is 8. The van der Waals surface area contributed by atoms with Gasteiger partial charge in [-0.25, -0.2) is 0 Å². The smallest absolute Gasteiger partial charge is 0.220 e. The normalized spacial score (nSPS) is 23.1. The van der Waals surface area contributed by atoms with Crippen LogP contribution >= 0.6 is 0 Å². The summed E-state index contributed by atoms with van der Waals surface area (Å²) in [6, 6.07) is -0.935. The fourth-order valence-corrected chi connectivity index (χ4v) is 12.5. The number of carbonyl (C=O) groups excluding carboxylic acids is 1. The molecule has 2 aliphatic rings. The number of unbranched alkanes of at least 4 members (excludes halogenated alkanes) is 44. The minimum absolute atomic E-state index is 0.246. The Kier molecular flexibility index (Phi) is 56.6. The van der Waals surface area contributed by atoms with Crippen molar-refractivity contribution in [1.29, 1.82) is 0 Å². The number of hydrogen-bond acceptors (Lipinski definition) is 13. The van der Waals surface area contributed by atoms with E-state index in [0.717, 1.165) is 38.5 Å². The maximum Gasteiger partial charge on any atom is 0.220 e. The largest absolute Gasteiger partial charge is 0.394 e. The van der Waals surface area contributed by atoms with Crippen molar-refractivity contribution in [1.82, 2.24) is 5.32 Å². The molecule has 12 atom stereocenters. The maximum absolute atomic E-state index is 13.3. The van der Waals surface area contributed by atoms with Gasteiger partial charge in [0.05, 0.1) is 32.0 Å². The zero-order valence-corrected chi connectivity index (χ0v) is 57.6. The van der Waals surface area contributed by atoms with Crippen LogP contribution in [0.25, 0.3) is 0 Å². The number of nitrogens with one attached hydrogen (secondary N) is 1. The quantitative estimate of drug-likeness (QED) is 0.0204. The Morgan fingerprint density at radius 2 is 0.744 bits per heavy atom. The van der Waals surface area contributed by atoms with Crippen molar-refractivity contribution in [2.75, 3.05) is 19.8 Å². The third-order valence-electron chi connectivity index (χ3n) is 18.5. The van der Waals surface area contributed by atoms with Gasteiger partial charge in [0.1, 0.15) is 48.8 Å². The summed E-state index contributed by atoms with van der Waals surface area (Å²) in [4.78, 5) is 13.3. The lowest BCUT2D eigenvalue weighted by atomic mass is 9.97. The number of rotatable bonds is 63. The van der Waals surface area contributed by atoms with Crippen LogP contribution < -0.4 is 5.32 Å². The van der Waals surface area contributed by atoms with Gasteiger partial charge in [0, 0.05) is 6.42 Å². The second-order valence-electron chi connectivity index (χ2n) is 26.8. The molecule has 2 fully saturated rings. The molecule has 2 aliphatic heterocycles. The van der Waals surface area contributed by atoms with Gasteiger partial charge in [-0.15, -0.1) is 0 Å². The molecule has 0 bridgehead atoms. The summed E-state index contributed by atoms with van der Waals surface area (Å²) < 4.78 is 22.9. The Labute approximate surface area is 550 Å². The van der Waals surface area contributed by atoms with Gasteiger partial charge in [-0.3, -0.25) is 4.79 Å². The zero-order chi connectivity index (χ0) is 65.2. The molecule has 0 saturated carbocycles. The highest BCUT2D eigenvalue weighted by Gasteiger charge is 2.51. The Balaban J connectivity index is 1.66. The number of hydrogen-bond donors (Lipinski definition) is 9. The predicted octanol–water partition coefficient (Wildman–Crippen LogP) is 16.2. The summed E-state index contributed by atoms with van der Waals surface area (Å²) in [5.74, 6) is -0.246. The van der Waals surface area contributed by atoms with Crippen molar-refractivity contribution in [2.24, 2.45) is 0 Å². The molecular weight excluding hydrogens is 1130 g/mol. The van der Waals surface area contributed by atoms with Gasteiger partial charge in [0.25, 0.3) is 0 Å². The molecule has 0 radical (unpaired) electrons. The highest BCUT2D eigenvalue weighted by Crippen LogP contribution is 2.30. The fourth-order valence-electron chi connectivity index (χ4n) is 12.5. The lowest BCUT2D eigenvalue weighted by molar-refractivity contribution is -0.359. The molecular formula is C76H141NO13. The Morgan fingerprint density at radius 1 is 0.400 bits per heavy atom. The van der Waals surface area contributed by atoms with Crippen LogP contribution in [0.3, 0.4) is 0 Å². The van der Waals surface area contributed by atoms with E-state index in [1.807, 2.05) is 6.08 Å². The molecule has 0 spiro atoms. The van der Waals surface area contributed by atoms with Crippen LogP contribution in [-0.4, -0.2) is 140 Å². The van der Waals surface area contributed by atoms with Gasteiger partial charge in [-0.05, 0) is 64.2 Å². The number of allylic oxidation sites excluding steroid dienone is 7. The van der Waals surface area contributed by atoms with Crippen LogP contribution in [-0.2, 0) is 23.7 Å². The van der Waals surface area contributed by atoms with Gasteiger partial charge >= 0.3 is 0 Å². The molecule has 2 heterocycles. The molecule has 0 aliphatic carbocycles. The minimum Gasteiger partial charge on any atom is -0.394 e. The summed E-state index contributed by atoms with van der Waals surface area (Å²) in [6.07, 6.45) is 63.3. The number of amides is 1. The Bertz CT molecular complexity index is 1690. The third-order valence-corrected chi connectivity index (χ3v) is 18.5. The summed E-state index contributed by atoms with van der Waals surface area (Å²) >= 11 is 0. The molecule has 2 saturated heterocycles. The summed E-state index contributed by atoms with van der Waals surface area (Å²) in [7, 11) is 0. The van der Waals surface area contributed by atoms with Crippen LogP contribution in [0.2, 0.25) is 0 Å². The van der Waals surface area contributed by atoms with E-state index >= 15 is 0 Å². The van der Waals surface area contributed by atoms with Crippen molar-refractivity contribution in [2.45, 2.75) is 408 Å². The molecule has 14 nitrogen and oxygen atoms in total. The van der Waals surface area contributed by atoms with Crippen LogP contribution in [0.4, 0.5) is 0 Å². The summed E-state index contributed by atoms with van der Waals surface area (Å²) in [5, 5.41) is 87.5. The molecule has 12 unspecified atom stereocenters. The van der Waals surface area contributed by atoms with E-state index in [2.05, 4.69) is 55.6 Å². The minimum atomic E-state index is -1.79. The lowest BCUT2D eigenvalue weighted by Gasteiger charge is -2.46. The Hall–Kier alpha value is -2.05. The van der Waals surface area contributed by atoms with Crippen molar-refractivity contribution in [3.63, 3.8) is 0 Å². The topological polar surface area (TPSA) is 228 Å². The first kappa shape index (κ1) is 84.0. The molecule has 0 aromatic heterocycles. The average Bonchev–Trinajstić information content (AvgIpc) is 1.41. The van der Waals surface area contributed by atoms with E-state index in [4.69, 9.17) is 18.9 Å². The highest BCUT2D eigenvalue weighted by molar-refractivity contribution is 5.76. The third kappa shape index (κ3) is 43.8. The summed E-state index contributed by atoms with van der Waals surface area (Å²) in [6.45, 7) is 2.82. The van der Waals surface area contributed by atoms with Crippen molar-refractivity contribution in [3.8, 4) is 0 Å². The van der Waals surface area contributed by atoms with Gasteiger partial charge in [-0.1, -0.05) is 313 Å². The molecule has 9 N–H and O–H groups in total. The number of carbonyl (C=O) groups is 1. The number of aliphatic hydroxyl groups excluding tert-OH is 8. The maximum atomic E-state index is 13.3. The average molecular weight is 1280 g/mol. The zero-order valence-electron chi connectivity index (χ0n) is 57.6. The Morgan fingerprint density at radius 3 is 1.16 bits per heavy atom. The molecule has 90 heavy (non-hydrogen) atoms. The lowest BCUT2D eigenvalue weighted by Crippen LogP contribution is -2.65. The monoisotopic (exact) mass is 1280 g/mol. The second-order valence-corrected chi connectivity index (χ2v) is 26.8. The second kappa shape index (κ2) is 60.6. The van der Waals surface area contributed by atoms with E-state index in [1.54, 1.807) is 6.08 Å². The molecule has 528 valence electrons. The van der Waals surface area contributed by atoms with Gasteiger partial charge < -0.3 is 65.1 Å². The fraction of sp³-hybridized carbons (Fsp3) is 0.882. The van der Waals surface area contributed by atoms with Crippen LogP contribution in [0.1, 0.15) is 335 Å². The van der Waals surface area contributed by atoms with E-state index in [1.165, 1.54) is 263 Å². The molecule has 14 heteroatoms. The van der Waals surface area contributed by atoms with Crippen LogP contribution in [0, 0.1) is 0 Å². The van der Waals surface area contributed by atoms with E-state index in [9.17, 15) is 45.6 Å². The molecule has 0 aromatic carbocycles. The van der Waals surface area contributed by atoms with E-state index in [0.29, 0.717) is 12.8 Å². The summed E-state index contributed by atoms with van der Waals surface area (Å²) in [5.41, 5.74) is 0. The van der Waals surface area contributed by atoms with Gasteiger partial charge in [0.2, 0.25) is 5.91 Å². The van der Waals surface area contributed by atoms with Crippen molar-refractivity contribution < 1.29 is 64.6 Å². The molecule has 1 amide bonds. The van der Waals surface area contributed by atoms with Crippen LogP contribution in [0.15, 0.2) is 48.6 Å². The molecule has 0 aromatic rings. The predicted molar refractivity (Wildman–Crippen MR) is 369 cm³/mol. The van der Waals surface area contributed by atoms with Gasteiger partial charge in [0.15, 0.2) is 12.6 Å².